The fourth-order valence-corrected chi connectivity index (χ4v) is 8.17. The van der Waals surface area contributed by atoms with Gasteiger partial charge in [-0.3, -0.25) is 9.59 Å². The molecule has 1 aromatic rings. The third-order valence-electron chi connectivity index (χ3n) is 8.30. The highest BCUT2D eigenvalue weighted by atomic mass is 32.2. The van der Waals surface area contributed by atoms with Crippen LogP contribution in [0.15, 0.2) is 59.0 Å². The maximum absolute atomic E-state index is 12.8. The second-order valence-corrected chi connectivity index (χ2v) is 10.9. The molecule has 0 spiro atoms. The molecule has 0 amide bonds. The van der Waals surface area contributed by atoms with Crippen LogP contribution in [0.1, 0.15) is 46.0 Å². The molecule has 146 valence electrons. The Bertz CT molecular complexity index is 885. The Balaban J connectivity index is 1.58. The van der Waals surface area contributed by atoms with Crippen molar-refractivity contribution in [2.45, 2.75) is 56.1 Å². The van der Waals surface area contributed by atoms with E-state index in [4.69, 9.17) is 0 Å². The number of Topliss-reactive ketones (excluding diaryl/α,β-unsaturated/α-hetero) is 1. The lowest BCUT2D eigenvalue weighted by Crippen LogP contribution is -2.54. The lowest BCUT2D eigenvalue weighted by Gasteiger charge is -2.58. The molecule has 0 bridgehead atoms. The molecule has 1 aromatic carbocycles. The Labute approximate surface area is 171 Å². The first-order valence-corrected chi connectivity index (χ1v) is 11.5. The Kier molecular flexibility index (Phi) is 4.24. The van der Waals surface area contributed by atoms with Gasteiger partial charge in [0.2, 0.25) is 0 Å². The van der Waals surface area contributed by atoms with Gasteiger partial charge in [0, 0.05) is 27.4 Å². The minimum absolute atomic E-state index is 0.0285. The third-order valence-corrected chi connectivity index (χ3v) is 9.62. The number of benzene rings is 1. The molecule has 4 aliphatic carbocycles. The van der Waals surface area contributed by atoms with Crippen molar-refractivity contribution >= 4 is 23.3 Å². The standard InChI is InChI=1S/C25H28O2S/c1-24-12-10-17(26)14-16(24)15-21(28-18-6-4-3-5-7-18)23-19-8-9-22(27)25(19,2)13-11-20(23)24/h3-7,10,12,14,19-21,23H,8-9,11,13,15H2,1-2H3/t19-,20-,21+,23-,24-,25-/m0/s1. The Morgan fingerprint density at radius 2 is 1.82 bits per heavy atom. The van der Waals surface area contributed by atoms with E-state index in [2.05, 4.69) is 50.3 Å². The van der Waals surface area contributed by atoms with E-state index in [1.807, 2.05) is 17.8 Å². The van der Waals surface area contributed by atoms with Crippen LogP contribution in [0.2, 0.25) is 0 Å². The van der Waals surface area contributed by atoms with Gasteiger partial charge in [0.15, 0.2) is 5.78 Å². The zero-order valence-electron chi connectivity index (χ0n) is 16.7. The third kappa shape index (κ3) is 2.62. The predicted molar refractivity (Wildman–Crippen MR) is 113 cm³/mol. The molecule has 0 heterocycles. The lowest BCUT2D eigenvalue weighted by atomic mass is 9.48. The highest BCUT2D eigenvalue weighted by Gasteiger charge is 2.61. The molecular weight excluding hydrogens is 364 g/mol. The fourth-order valence-electron chi connectivity index (χ4n) is 6.71. The molecule has 28 heavy (non-hydrogen) atoms. The summed E-state index contributed by atoms with van der Waals surface area (Å²) >= 11 is 1.97. The van der Waals surface area contributed by atoms with Crippen LogP contribution in [0.25, 0.3) is 0 Å². The minimum Gasteiger partial charge on any atom is -0.299 e. The van der Waals surface area contributed by atoms with Crippen LogP contribution < -0.4 is 0 Å². The smallest absolute Gasteiger partial charge is 0.178 e. The summed E-state index contributed by atoms with van der Waals surface area (Å²) in [6, 6.07) is 10.6. The van der Waals surface area contributed by atoms with Crippen LogP contribution in [0.4, 0.5) is 0 Å². The molecule has 0 radical (unpaired) electrons. The van der Waals surface area contributed by atoms with E-state index in [0.29, 0.717) is 28.8 Å². The van der Waals surface area contributed by atoms with Crippen molar-refractivity contribution in [3.8, 4) is 0 Å². The number of hydrogen-bond donors (Lipinski definition) is 0. The lowest BCUT2D eigenvalue weighted by molar-refractivity contribution is -0.131. The number of thioether (sulfide) groups is 1. The summed E-state index contributed by atoms with van der Waals surface area (Å²) in [6.45, 7) is 4.57. The monoisotopic (exact) mass is 392 g/mol. The van der Waals surface area contributed by atoms with Gasteiger partial charge in [0.05, 0.1) is 0 Å². The Morgan fingerprint density at radius 3 is 2.61 bits per heavy atom. The maximum atomic E-state index is 12.8. The van der Waals surface area contributed by atoms with E-state index in [1.165, 1.54) is 10.5 Å². The van der Waals surface area contributed by atoms with Gasteiger partial charge in [0.25, 0.3) is 0 Å². The normalized spacial score (nSPS) is 41.9. The van der Waals surface area contributed by atoms with Crippen molar-refractivity contribution in [2.75, 3.05) is 0 Å². The van der Waals surface area contributed by atoms with Crippen LogP contribution in [0.3, 0.4) is 0 Å². The van der Waals surface area contributed by atoms with E-state index in [1.54, 1.807) is 6.08 Å². The van der Waals surface area contributed by atoms with Gasteiger partial charge in [-0.1, -0.05) is 43.7 Å². The summed E-state index contributed by atoms with van der Waals surface area (Å²) in [7, 11) is 0. The number of ketones is 2. The number of carbonyl (C=O) groups excluding carboxylic acids is 2. The van der Waals surface area contributed by atoms with E-state index in [0.717, 1.165) is 32.1 Å². The van der Waals surface area contributed by atoms with Crippen LogP contribution >= 0.6 is 11.8 Å². The average molecular weight is 393 g/mol. The zero-order valence-corrected chi connectivity index (χ0v) is 17.5. The van der Waals surface area contributed by atoms with Crippen LogP contribution in [-0.2, 0) is 9.59 Å². The molecule has 2 nitrogen and oxygen atoms in total. The van der Waals surface area contributed by atoms with Crippen molar-refractivity contribution in [1.82, 2.24) is 0 Å². The summed E-state index contributed by atoms with van der Waals surface area (Å²) in [4.78, 5) is 26.2. The molecule has 0 saturated heterocycles. The number of hydrogen-bond acceptors (Lipinski definition) is 3. The van der Waals surface area contributed by atoms with E-state index >= 15 is 0 Å². The molecule has 3 heteroatoms. The van der Waals surface area contributed by atoms with Crippen LogP contribution in [-0.4, -0.2) is 16.8 Å². The largest absolute Gasteiger partial charge is 0.299 e. The highest BCUT2D eigenvalue weighted by Crippen LogP contribution is 2.65. The van der Waals surface area contributed by atoms with Crippen LogP contribution in [0, 0.1) is 28.6 Å². The zero-order chi connectivity index (χ0) is 19.5. The summed E-state index contributed by atoms with van der Waals surface area (Å²) in [5.74, 6) is 2.13. The van der Waals surface area contributed by atoms with Gasteiger partial charge in [-0.25, -0.2) is 0 Å². The van der Waals surface area contributed by atoms with E-state index in [-0.39, 0.29) is 16.6 Å². The molecule has 3 saturated carbocycles. The summed E-state index contributed by atoms with van der Waals surface area (Å²) in [5.41, 5.74) is 1.14. The molecule has 0 unspecified atom stereocenters. The van der Waals surface area contributed by atoms with Gasteiger partial charge in [-0.05, 0) is 67.7 Å². The first kappa shape index (κ1) is 18.4. The van der Waals surface area contributed by atoms with Crippen molar-refractivity contribution in [1.29, 1.82) is 0 Å². The van der Waals surface area contributed by atoms with Gasteiger partial charge in [-0.2, -0.15) is 0 Å². The van der Waals surface area contributed by atoms with Gasteiger partial charge in [0.1, 0.15) is 5.78 Å². The Hall–Kier alpha value is -1.61. The molecule has 4 aliphatic rings. The average Bonchev–Trinajstić information content (AvgIpc) is 2.99. The maximum Gasteiger partial charge on any atom is 0.178 e. The number of allylic oxidation sites excluding steroid dienone is 4. The van der Waals surface area contributed by atoms with Gasteiger partial charge < -0.3 is 0 Å². The molecule has 3 fully saturated rings. The minimum atomic E-state index is -0.136. The number of carbonyl (C=O) groups is 2. The van der Waals surface area contributed by atoms with E-state index < -0.39 is 0 Å². The molecular formula is C25H28O2S. The number of fused-ring (bicyclic) bond motifs is 5. The fraction of sp³-hybridized carbons (Fsp3) is 0.520. The van der Waals surface area contributed by atoms with Crippen molar-refractivity contribution in [3.05, 3.63) is 54.1 Å². The summed E-state index contributed by atoms with van der Waals surface area (Å²) in [5, 5.41) is 0.432. The molecule has 5 rings (SSSR count). The van der Waals surface area contributed by atoms with Crippen molar-refractivity contribution in [2.24, 2.45) is 28.6 Å². The molecule has 0 N–H and O–H groups in total. The molecule has 6 atom stereocenters. The van der Waals surface area contributed by atoms with Crippen molar-refractivity contribution in [3.63, 3.8) is 0 Å². The predicted octanol–water partition coefficient (Wildman–Crippen LogP) is 5.63. The second kappa shape index (κ2) is 6.45. The number of rotatable bonds is 2. The van der Waals surface area contributed by atoms with Crippen LogP contribution in [0.5, 0.6) is 0 Å². The molecule has 0 aromatic heterocycles. The molecule has 0 aliphatic heterocycles. The van der Waals surface area contributed by atoms with Gasteiger partial charge in [-0.15, -0.1) is 11.8 Å². The highest BCUT2D eigenvalue weighted by molar-refractivity contribution is 8.00. The summed E-state index contributed by atoms with van der Waals surface area (Å²) in [6.07, 6.45) is 10.7. The quantitative estimate of drug-likeness (QED) is 0.654. The SMILES string of the molecule is C[C@]12C=CC(=O)C=C1C[C@@H](Sc1ccccc1)[C@@H]1[C@@H]2CC[C@]2(C)C(=O)CC[C@@H]12. The summed E-state index contributed by atoms with van der Waals surface area (Å²) < 4.78 is 0. The van der Waals surface area contributed by atoms with E-state index in [9.17, 15) is 9.59 Å². The second-order valence-electron chi connectivity index (χ2n) is 9.57. The first-order chi connectivity index (χ1) is 13.4. The Morgan fingerprint density at radius 1 is 1.04 bits per heavy atom. The topological polar surface area (TPSA) is 34.1 Å². The first-order valence-electron chi connectivity index (χ1n) is 10.6. The van der Waals surface area contributed by atoms with Gasteiger partial charge >= 0.3 is 0 Å². The van der Waals surface area contributed by atoms with Crippen molar-refractivity contribution < 1.29 is 9.59 Å².